The molecular formula is C22H23Cl3N2. The Kier molecular flexibility index (Phi) is 6.52. The van der Waals surface area contributed by atoms with E-state index in [1.54, 1.807) is 6.07 Å². The zero-order valence-electron chi connectivity index (χ0n) is 15.8. The molecule has 27 heavy (non-hydrogen) atoms. The Balaban J connectivity index is 2.19. The van der Waals surface area contributed by atoms with Gasteiger partial charge in [-0.25, -0.2) is 4.68 Å². The molecule has 1 atom stereocenters. The van der Waals surface area contributed by atoms with Gasteiger partial charge in [0.25, 0.3) is 0 Å². The highest BCUT2D eigenvalue weighted by Gasteiger charge is 2.22. The Bertz CT molecular complexity index is 929. The molecular weight excluding hydrogens is 399 g/mol. The second-order valence-electron chi connectivity index (χ2n) is 6.92. The zero-order chi connectivity index (χ0) is 19.6. The number of rotatable bonds is 6. The van der Waals surface area contributed by atoms with Crippen LogP contribution in [-0.4, -0.2) is 9.78 Å². The highest BCUT2D eigenvalue weighted by Crippen LogP contribution is 2.36. The summed E-state index contributed by atoms with van der Waals surface area (Å²) in [7, 11) is 0. The van der Waals surface area contributed by atoms with Crippen LogP contribution in [0.4, 0.5) is 0 Å². The third-order valence-corrected chi connectivity index (χ3v) is 5.66. The molecule has 0 fully saturated rings. The molecule has 5 heteroatoms. The molecule has 1 unspecified atom stereocenters. The minimum absolute atomic E-state index is 0.378. The Morgan fingerprint density at radius 1 is 1.00 bits per heavy atom. The molecule has 3 aromatic rings. The monoisotopic (exact) mass is 420 g/mol. The second-order valence-corrected chi connectivity index (χ2v) is 8.20. The number of hydrogen-bond donors (Lipinski definition) is 0. The van der Waals surface area contributed by atoms with Crippen LogP contribution >= 0.6 is 34.8 Å². The molecule has 3 rings (SSSR count). The lowest BCUT2D eigenvalue weighted by molar-refractivity contribution is 0.602. The molecule has 1 heterocycles. The first-order valence-electron chi connectivity index (χ1n) is 9.23. The third kappa shape index (κ3) is 4.34. The van der Waals surface area contributed by atoms with E-state index in [2.05, 4.69) is 20.8 Å². The van der Waals surface area contributed by atoms with Crippen LogP contribution in [0.15, 0.2) is 42.5 Å². The SMILES string of the molecule is CCCCC(C)c1nn(-c2ccc(Cl)cc2Cl)c(-c2ccc(Cl)cc2)c1C. The zero-order valence-corrected chi connectivity index (χ0v) is 18.0. The second kappa shape index (κ2) is 8.68. The van der Waals surface area contributed by atoms with Crippen molar-refractivity contribution >= 4 is 34.8 Å². The summed E-state index contributed by atoms with van der Waals surface area (Å²) in [5.74, 6) is 0.378. The lowest BCUT2D eigenvalue weighted by Gasteiger charge is -2.11. The van der Waals surface area contributed by atoms with Crippen molar-refractivity contribution < 1.29 is 0 Å². The van der Waals surface area contributed by atoms with E-state index >= 15 is 0 Å². The van der Waals surface area contributed by atoms with E-state index < -0.39 is 0 Å². The van der Waals surface area contributed by atoms with Gasteiger partial charge in [0.15, 0.2) is 0 Å². The fourth-order valence-electron chi connectivity index (χ4n) is 3.40. The maximum atomic E-state index is 6.51. The van der Waals surface area contributed by atoms with Gasteiger partial charge in [-0.15, -0.1) is 0 Å². The molecule has 0 radical (unpaired) electrons. The molecule has 0 aliphatic carbocycles. The minimum atomic E-state index is 0.378. The van der Waals surface area contributed by atoms with Crippen LogP contribution in [0, 0.1) is 6.92 Å². The average Bonchev–Trinajstić information content (AvgIpc) is 2.97. The van der Waals surface area contributed by atoms with Crippen LogP contribution in [0.25, 0.3) is 16.9 Å². The fraction of sp³-hybridized carbons (Fsp3) is 0.318. The van der Waals surface area contributed by atoms with E-state index in [1.807, 2.05) is 41.1 Å². The van der Waals surface area contributed by atoms with Crippen LogP contribution in [0.2, 0.25) is 15.1 Å². The van der Waals surface area contributed by atoms with E-state index in [1.165, 1.54) is 18.4 Å². The number of benzene rings is 2. The molecule has 0 saturated heterocycles. The average molecular weight is 422 g/mol. The summed E-state index contributed by atoms with van der Waals surface area (Å²) in [6, 6.07) is 13.3. The lowest BCUT2D eigenvalue weighted by atomic mass is 9.96. The first-order valence-corrected chi connectivity index (χ1v) is 10.4. The molecule has 2 aromatic carbocycles. The summed E-state index contributed by atoms with van der Waals surface area (Å²) >= 11 is 18.7. The van der Waals surface area contributed by atoms with Crippen molar-refractivity contribution in [1.29, 1.82) is 0 Å². The molecule has 0 aliphatic heterocycles. The molecule has 0 amide bonds. The minimum Gasteiger partial charge on any atom is -0.231 e. The van der Waals surface area contributed by atoms with Crippen molar-refractivity contribution in [2.75, 3.05) is 0 Å². The van der Waals surface area contributed by atoms with Crippen molar-refractivity contribution in [2.45, 2.75) is 46.0 Å². The summed E-state index contributed by atoms with van der Waals surface area (Å²) in [6.07, 6.45) is 3.48. The first kappa shape index (κ1) is 20.3. The molecule has 0 aliphatic rings. The van der Waals surface area contributed by atoms with Crippen LogP contribution < -0.4 is 0 Å². The van der Waals surface area contributed by atoms with Crippen molar-refractivity contribution in [3.05, 3.63) is 68.8 Å². The van der Waals surface area contributed by atoms with Gasteiger partial charge in [-0.05, 0) is 49.2 Å². The van der Waals surface area contributed by atoms with Gasteiger partial charge >= 0.3 is 0 Å². The van der Waals surface area contributed by atoms with E-state index in [0.717, 1.165) is 29.1 Å². The van der Waals surface area contributed by atoms with Gasteiger partial charge in [0.05, 0.1) is 22.1 Å². The number of nitrogens with zero attached hydrogens (tertiary/aromatic N) is 2. The quantitative estimate of drug-likeness (QED) is 0.393. The standard InChI is InChI=1S/C22H23Cl3N2/c1-4-5-6-14(2)21-15(3)22(16-7-9-17(23)10-8-16)27(26-21)20-12-11-18(24)13-19(20)25/h7-14H,4-6H2,1-3H3. The van der Waals surface area contributed by atoms with Gasteiger partial charge in [0.2, 0.25) is 0 Å². The predicted molar refractivity (Wildman–Crippen MR) is 117 cm³/mol. The van der Waals surface area contributed by atoms with Crippen LogP contribution in [-0.2, 0) is 0 Å². The maximum Gasteiger partial charge on any atom is 0.0840 e. The Labute approximate surface area is 176 Å². The highest BCUT2D eigenvalue weighted by atomic mass is 35.5. The number of hydrogen-bond acceptors (Lipinski definition) is 1. The van der Waals surface area contributed by atoms with Crippen molar-refractivity contribution in [3.8, 4) is 16.9 Å². The fourth-order valence-corrected chi connectivity index (χ4v) is 4.02. The van der Waals surface area contributed by atoms with Crippen LogP contribution in [0.3, 0.4) is 0 Å². The van der Waals surface area contributed by atoms with Crippen molar-refractivity contribution in [2.24, 2.45) is 0 Å². The third-order valence-electron chi connectivity index (χ3n) is 4.87. The number of aromatic nitrogens is 2. The number of halogens is 3. The first-order chi connectivity index (χ1) is 12.9. The van der Waals surface area contributed by atoms with E-state index in [4.69, 9.17) is 39.9 Å². The van der Waals surface area contributed by atoms with Gasteiger partial charge < -0.3 is 0 Å². The molecule has 0 saturated carbocycles. The van der Waals surface area contributed by atoms with Gasteiger partial charge in [0, 0.05) is 21.5 Å². The van der Waals surface area contributed by atoms with Gasteiger partial charge in [-0.3, -0.25) is 0 Å². The molecule has 2 nitrogen and oxygen atoms in total. The Morgan fingerprint density at radius 3 is 2.30 bits per heavy atom. The molecule has 1 aromatic heterocycles. The summed E-state index contributed by atoms with van der Waals surface area (Å²) in [4.78, 5) is 0. The largest absolute Gasteiger partial charge is 0.231 e. The van der Waals surface area contributed by atoms with Crippen LogP contribution in [0.1, 0.15) is 50.3 Å². The van der Waals surface area contributed by atoms with Crippen LogP contribution in [0.5, 0.6) is 0 Å². The summed E-state index contributed by atoms with van der Waals surface area (Å²) in [5, 5.41) is 6.88. The topological polar surface area (TPSA) is 17.8 Å². The maximum absolute atomic E-state index is 6.51. The Hall–Kier alpha value is -1.48. The predicted octanol–water partition coefficient (Wildman–Crippen LogP) is 8.10. The van der Waals surface area contributed by atoms with Crippen molar-refractivity contribution in [1.82, 2.24) is 9.78 Å². The van der Waals surface area contributed by atoms with Gasteiger partial charge in [-0.2, -0.15) is 5.10 Å². The molecule has 0 N–H and O–H groups in total. The Morgan fingerprint density at radius 2 is 1.67 bits per heavy atom. The summed E-state index contributed by atoms with van der Waals surface area (Å²) in [6.45, 7) is 6.59. The van der Waals surface area contributed by atoms with Crippen molar-refractivity contribution in [3.63, 3.8) is 0 Å². The molecule has 0 spiro atoms. The summed E-state index contributed by atoms with van der Waals surface area (Å²) in [5.41, 5.74) is 5.20. The molecule has 0 bridgehead atoms. The smallest absolute Gasteiger partial charge is 0.0840 e. The molecule has 142 valence electrons. The number of unbranched alkanes of at least 4 members (excludes halogenated alkanes) is 1. The highest BCUT2D eigenvalue weighted by molar-refractivity contribution is 6.35. The van der Waals surface area contributed by atoms with Gasteiger partial charge in [0.1, 0.15) is 0 Å². The van der Waals surface area contributed by atoms with E-state index in [0.29, 0.717) is 21.0 Å². The lowest BCUT2D eigenvalue weighted by Crippen LogP contribution is -2.02. The summed E-state index contributed by atoms with van der Waals surface area (Å²) < 4.78 is 1.94. The van der Waals surface area contributed by atoms with E-state index in [9.17, 15) is 0 Å². The van der Waals surface area contributed by atoms with Gasteiger partial charge in [-0.1, -0.05) is 73.6 Å². The van der Waals surface area contributed by atoms with E-state index in [-0.39, 0.29) is 0 Å². The normalized spacial score (nSPS) is 12.4.